The molecule has 3 rings (SSSR count). The highest BCUT2D eigenvalue weighted by molar-refractivity contribution is 6.30. The van der Waals surface area contributed by atoms with E-state index < -0.39 is 12.0 Å². The van der Waals surface area contributed by atoms with E-state index in [-0.39, 0.29) is 6.10 Å². The van der Waals surface area contributed by atoms with Gasteiger partial charge in [0.2, 0.25) is 0 Å². The number of aromatic amines is 1. The van der Waals surface area contributed by atoms with Gasteiger partial charge in [-0.05, 0) is 43.7 Å². The van der Waals surface area contributed by atoms with E-state index in [1.54, 1.807) is 12.1 Å². The maximum Gasteiger partial charge on any atom is 0.321 e. The van der Waals surface area contributed by atoms with Gasteiger partial charge in [-0.15, -0.1) is 0 Å². The lowest BCUT2D eigenvalue weighted by Crippen LogP contribution is -2.38. The third-order valence-corrected chi connectivity index (χ3v) is 4.56. The molecule has 27 heavy (non-hydrogen) atoms. The van der Waals surface area contributed by atoms with Gasteiger partial charge in [-0.2, -0.15) is 0 Å². The molecule has 0 unspecified atom stereocenters. The van der Waals surface area contributed by atoms with Crippen LogP contribution in [0.4, 0.5) is 0 Å². The number of para-hydroxylation sites is 1. The minimum absolute atomic E-state index is 0.0198. The van der Waals surface area contributed by atoms with Crippen molar-refractivity contribution in [3.8, 4) is 5.75 Å². The zero-order chi connectivity index (χ0) is 19.4. The number of aromatic nitrogens is 1. The van der Waals surface area contributed by atoms with Crippen LogP contribution in [0.3, 0.4) is 0 Å². The van der Waals surface area contributed by atoms with E-state index in [4.69, 9.17) is 16.3 Å². The standard InChI is InChI=1S/C21H23ClN2O3/c1-13(2)27-20-8-7-16(22)9-15(20)12-24-19(21(25)26)10-14-11-23-18-6-4-3-5-17(14)18/h3-9,11,13,19,23-24H,10,12H2,1-2H3,(H,25,26)/t19-/m1/s1. The highest BCUT2D eigenvalue weighted by atomic mass is 35.5. The summed E-state index contributed by atoms with van der Waals surface area (Å²) < 4.78 is 5.81. The number of aliphatic carboxylic acids is 1. The fourth-order valence-corrected chi connectivity index (χ4v) is 3.25. The molecule has 0 saturated heterocycles. The van der Waals surface area contributed by atoms with Crippen molar-refractivity contribution in [2.75, 3.05) is 0 Å². The largest absolute Gasteiger partial charge is 0.491 e. The molecule has 0 bridgehead atoms. The first-order valence-corrected chi connectivity index (χ1v) is 9.28. The molecule has 0 fully saturated rings. The molecule has 1 aromatic heterocycles. The van der Waals surface area contributed by atoms with Crippen LogP contribution < -0.4 is 10.1 Å². The van der Waals surface area contributed by atoms with Gasteiger partial charge < -0.3 is 14.8 Å². The van der Waals surface area contributed by atoms with Gasteiger partial charge in [0.25, 0.3) is 0 Å². The quantitative estimate of drug-likeness (QED) is 0.536. The van der Waals surface area contributed by atoms with Crippen LogP contribution in [-0.2, 0) is 17.8 Å². The Bertz CT molecular complexity index is 936. The molecule has 0 amide bonds. The Balaban J connectivity index is 1.76. The number of ether oxygens (including phenoxy) is 1. The molecule has 3 aromatic rings. The van der Waals surface area contributed by atoms with Crippen molar-refractivity contribution in [2.45, 2.75) is 39.0 Å². The highest BCUT2D eigenvalue weighted by Crippen LogP contribution is 2.24. The maximum absolute atomic E-state index is 11.8. The lowest BCUT2D eigenvalue weighted by molar-refractivity contribution is -0.139. The summed E-state index contributed by atoms with van der Waals surface area (Å²) in [5.41, 5.74) is 2.80. The number of hydrogen-bond donors (Lipinski definition) is 3. The van der Waals surface area contributed by atoms with Crippen LogP contribution in [0.2, 0.25) is 5.02 Å². The molecule has 0 spiro atoms. The molecular weight excluding hydrogens is 364 g/mol. The molecule has 1 atom stereocenters. The van der Waals surface area contributed by atoms with Crippen LogP contribution in [0.5, 0.6) is 5.75 Å². The Morgan fingerprint density at radius 1 is 1.22 bits per heavy atom. The summed E-state index contributed by atoms with van der Waals surface area (Å²) in [6.07, 6.45) is 2.27. The number of fused-ring (bicyclic) bond motifs is 1. The number of carbonyl (C=O) groups is 1. The summed E-state index contributed by atoms with van der Waals surface area (Å²) in [7, 11) is 0. The number of halogens is 1. The van der Waals surface area contributed by atoms with Crippen molar-refractivity contribution in [3.05, 3.63) is 64.8 Å². The van der Waals surface area contributed by atoms with E-state index in [0.717, 1.165) is 22.0 Å². The molecule has 5 nitrogen and oxygen atoms in total. The van der Waals surface area contributed by atoms with Crippen molar-refractivity contribution in [3.63, 3.8) is 0 Å². The Hall–Kier alpha value is -2.50. The second-order valence-electron chi connectivity index (χ2n) is 6.75. The Morgan fingerprint density at radius 2 is 2.00 bits per heavy atom. The molecule has 3 N–H and O–H groups in total. The average Bonchev–Trinajstić information content (AvgIpc) is 3.03. The first-order chi connectivity index (χ1) is 12.9. The van der Waals surface area contributed by atoms with Crippen molar-refractivity contribution >= 4 is 28.5 Å². The Morgan fingerprint density at radius 3 is 2.74 bits per heavy atom. The van der Waals surface area contributed by atoms with Crippen molar-refractivity contribution < 1.29 is 14.6 Å². The van der Waals surface area contributed by atoms with Crippen molar-refractivity contribution in [1.82, 2.24) is 10.3 Å². The average molecular weight is 387 g/mol. The van der Waals surface area contributed by atoms with Crippen LogP contribution in [0.1, 0.15) is 25.0 Å². The number of benzene rings is 2. The molecule has 1 heterocycles. The maximum atomic E-state index is 11.8. The SMILES string of the molecule is CC(C)Oc1ccc(Cl)cc1CN[C@H](Cc1c[nH]c2ccccc12)C(=O)O. The number of H-pyrrole nitrogens is 1. The number of carboxylic acid groups (broad SMARTS) is 1. The third-order valence-electron chi connectivity index (χ3n) is 4.32. The van der Waals surface area contributed by atoms with Crippen LogP contribution in [0.25, 0.3) is 10.9 Å². The second kappa shape index (κ2) is 8.46. The van der Waals surface area contributed by atoms with Gasteiger partial charge in [0.15, 0.2) is 0 Å². The van der Waals surface area contributed by atoms with Crippen molar-refractivity contribution in [2.24, 2.45) is 0 Å². The summed E-state index contributed by atoms with van der Waals surface area (Å²) in [6.45, 7) is 4.24. The topological polar surface area (TPSA) is 74.3 Å². The predicted octanol–water partition coefficient (Wildman–Crippen LogP) is 4.39. The molecular formula is C21H23ClN2O3. The molecule has 0 aliphatic heterocycles. The molecule has 0 aliphatic carbocycles. The van der Waals surface area contributed by atoms with Gasteiger partial charge in [-0.3, -0.25) is 10.1 Å². The first-order valence-electron chi connectivity index (χ1n) is 8.90. The highest BCUT2D eigenvalue weighted by Gasteiger charge is 2.20. The zero-order valence-corrected chi connectivity index (χ0v) is 16.1. The van der Waals surface area contributed by atoms with Crippen molar-refractivity contribution in [1.29, 1.82) is 0 Å². The Labute approximate surface area is 163 Å². The van der Waals surface area contributed by atoms with Crippen LogP contribution in [0.15, 0.2) is 48.7 Å². The fraction of sp³-hybridized carbons (Fsp3) is 0.286. The van der Waals surface area contributed by atoms with E-state index >= 15 is 0 Å². The monoisotopic (exact) mass is 386 g/mol. The smallest absolute Gasteiger partial charge is 0.321 e. The Kier molecular flexibility index (Phi) is 6.04. The number of carboxylic acids is 1. The summed E-state index contributed by atoms with van der Waals surface area (Å²) in [5, 5.41) is 14.4. The predicted molar refractivity (Wildman–Crippen MR) is 107 cm³/mol. The van der Waals surface area contributed by atoms with E-state index in [2.05, 4.69) is 10.3 Å². The lowest BCUT2D eigenvalue weighted by Gasteiger charge is -2.18. The number of hydrogen-bond acceptors (Lipinski definition) is 3. The minimum atomic E-state index is -0.895. The molecule has 0 aliphatic rings. The first kappa shape index (κ1) is 19.3. The molecule has 0 radical (unpaired) electrons. The van der Waals surface area contributed by atoms with Gasteiger partial charge >= 0.3 is 5.97 Å². The minimum Gasteiger partial charge on any atom is -0.491 e. The van der Waals surface area contributed by atoms with Gasteiger partial charge in [0, 0.05) is 40.7 Å². The summed E-state index contributed by atoms with van der Waals surface area (Å²) in [5.74, 6) is -0.188. The van der Waals surface area contributed by atoms with E-state index in [9.17, 15) is 9.90 Å². The summed E-state index contributed by atoms with van der Waals surface area (Å²) in [4.78, 5) is 15.0. The van der Waals surface area contributed by atoms with Crippen LogP contribution >= 0.6 is 11.6 Å². The van der Waals surface area contributed by atoms with Crippen LogP contribution in [0, 0.1) is 0 Å². The number of nitrogens with one attached hydrogen (secondary N) is 2. The van der Waals surface area contributed by atoms with E-state index in [1.165, 1.54) is 0 Å². The van der Waals surface area contributed by atoms with E-state index in [0.29, 0.717) is 23.7 Å². The van der Waals surface area contributed by atoms with Gasteiger partial charge in [-0.25, -0.2) is 0 Å². The molecule has 142 valence electrons. The summed E-state index contributed by atoms with van der Waals surface area (Å²) >= 11 is 6.11. The van der Waals surface area contributed by atoms with Gasteiger partial charge in [0.1, 0.15) is 11.8 Å². The van der Waals surface area contributed by atoms with Gasteiger partial charge in [0.05, 0.1) is 6.10 Å². The third kappa shape index (κ3) is 4.81. The van der Waals surface area contributed by atoms with Gasteiger partial charge in [-0.1, -0.05) is 29.8 Å². The normalized spacial score (nSPS) is 12.4. The molecule has 6 heteroatoms. The van der Waals surface area contributed by atoms with E-state index in [1.807, 2.05) is 50.4 Å². The molecule has 2 aromatic carbocycles. The molecule has 0 saturated carbocycles. The number of rotatable bonds is 8. The zero-order valence-electron chi connectivity index (χ0n) is 15.3. The second-order valence-corrected chi connectivity index (χ2v) is 7.19. The van der Waals surface area contributed by atoms with Crippen LogP contribution in [-0.4, -0.2) is 28.2 Å². The summed E-state index contributed by atoms with van der Waals surface area (Å²) in [6, 6.07) is 12.5. The fourth-order valence-electron chi connectivity index (χ4n) is 3.06. The lowest BCUT2D eigenvalue weighted by atomic mass is 10.0.